The number of anilines is 2. The van der Waals surface area contributed by atoms with Gasteiger partial charge in [0.1, 0.15) is 0 Å². The number of hydrogen-bond donors (Lipinski definition) is 2. The predicted molar refractivity (Wildman–Crippen MR) is 56.4 cm³/mol. The molecule has 1 aromatic rings. The highest BCUT2D eigenvalue weighted by atomic mass is 32.2. The van der Waals surface area contributed by atoms with Gasteiger partial charge in [-0.3, -0.25) is 0 Å². The molecule has 0 saturated heterocycles. The first-order valence-electron chi connectivity index (χ1n) is 3.94. The summed E-state index contributed by atoms with van der Waals surface area (Å²) >= 11 is 1.74. The van der Waals surface area contributed by atoms with Gasteiger partial charge in [0, 0.05) is 10.6 Å². The van der Waals surface area contributed by atoms with Crippen LogP contribution in [0.5, 0.6) is 0 Å². The van der Waals surface area contributed by atoms with Gasteiger partial charge in [-0.05, 0) is 30.4 Å². The minimum Gasteiger partial charge on any atom is -0.398 e. The molecular formula is C9H14N2S. The lowest BCUT2D eigenvalue weighted by Gasteiger charge is -2.08. The number of thioether (sulfide) groups is 1. The molecule has 0 atom stereocenters. The van der Waals surface area contributed by atoms with Crippen LogP contribution in [0, 0.1) is 6.92 Å². The summed E-state index contributed by atoms with van der Waals surface area (Å²) < 4.78 is 0. The zero-order valence-electron chi connectivity index (χ0n) is 7.42. The van der Waals surface area contributed by atoms with Crippen molar-refractivity contribution in [2.45, 2.75) is 18.7 Å². The van der Waals surface area contributed by atoms with Crippen LogP contribution in [-0.4, -0.2) is 5.75 Å². The number of nitrogen functional groups attached to an aromatic ring is 2. The third-order valence-electron chi connectivity index (χ3n) is 1.82. The average Bonchev–Trinajstić information content (AvgIpc) is 2.07. The molecule has 0 aromatic heterocycles. The lowest BCUT2D eigenvalue weighted by atomic mass is 10.2. The maximum Gasteiger partial charge on any atom is 0.0502 e. The lowest BCUT2D eigenvalue weighted by Crippen LogP contribution is -1.97. The summed E-state index contributed by atoms with van der Waals surface area (Å²) in [4.78, 5) is 1.13. The summed E-state index contributed by atoms with van der Waals surface area (Å²) in [6.07, 6.45) is 0. The molecule has 66 valence electrons. The predicted octanol–water partition coefficient (Wildman–Crippen LogP) is 2.27. The molecule has 3 heteroatoms. The van der Waals surface area contributed by atoms with Gasteiger partial charge in [-0.15, -0.1) is 11.8 Å². The lowest BCUT2D eigenvalue weighted by molar-refractivity contribution is 1.36. The molecule has 1 rings (SSSR count). The number of benzene rings is 1. The van der Waals surface area contributed by atoms with Crippen LogP contribution in [0.2, 0.25) is 0 Å². The van der Waals surface area contributed by atoms with Crippen LogP contribution < -0.4 is 11.5 Å². The van der Waals surface area contributed by atoms with Gasteiger partial charge in [-0.2, -0.15) is 0 Å². The third kappa shape index (κ3) is 1.67. The minimum atomic E-state index is 0.771. The molecule has 0 aliphatic rings. The summed E-state index contributed by atoms with van der Waals surface area (Å²) in [5.41, 5.74) is 14.2. The van der Waals surface area contributed by atoms with E-state index in [0.717, 1.165) is 27.6 Å². The molecule has 0 saturated carbocycles. The monoisotopic (exact) mass is 182 g/mol. The summed E-state index contributed by atoms with van der Waals surface area (Å²) in [5.74, 6) is 1.04. The smallest absolute Gasteiger partial charge is 0.0502 e. The van der Waals surface area contributed by atoms with Gasteiger partial charge in [-0.1, -0.05) is 6.92 Å². The van der Waals surface area contributed by atoms with Crippen molar-refractivity contribution >= 4 is 23.1 Å². The van der Waals surface area contributed by atoms with Crippen molar-refractivity contribution in [1.82, 2.24) is 0 Å². The van der Waals surface area contributed by atoms with Crippen molar-refractivity contribution in [2.24, 2.45) is 0 Å². The van der Waals surface area contributed by atoms with Gasteiger partial charge in [-0.25, -0.2) is 0 Å². The Labute approximate surface area is 77.3 Å². The van der Waals surface area contributed by atoms with E-state index in [1.807, 2.05) is 19.1 Å². The largest absolute Gasteiger partial charge is 0.398 e. The number of nitrogens with two attached hydrogens (primary N) is 2. The standard InChI is InChI=1S/C9H14N2S/c1-3-12-8-5-4-7(10)6(2)9(8)11/h4-5H,3,10-11H2,1-2H3. The first kappa shape index (κ1) is 9.26. The van der Waals surface area contributed by atoms with Crippen LogP contribution in [0.15, 0.2) is 17.0 Å². The zero-order chi connectivity index (χ0) is 9.14. The van der Waals surface area contributed by atoms with Crippen molar-refractivity contribution in [2.75, 3.05) is 17.2 Å². The Hall–Kier alpha value is -0.830. The first-order chi connectivity index (χ1) is 5.66. The third-order valence-corrected chi connectivity index (χ3v) is 2.77. The molecule has 0 unspecified atom stereocenters. The highest BCUT2D eigenvalue weighted by Crippen LogP contribution is 2.30. The van der Waals surface area contributed by atoms with E-state index >= 15 is 0 Å². The second kappa shape index (κ2) is 3.72. The molecule has 2 nitrogen and oxygen atoms in total. The molecule has 4 N–H and O–H groups in total. The quantitative estimate of drug-likeness (QED) is 0.545. The normalized spacial score (nSPS) is 10.2. The molecule has 0 heterocycles. The molecule has 0 fully saturated rings. The van der Waals surface area contributed by atoms with Gasteiger partial charge >= 0.3 is 0 Å². The highest BCUT2D eigenvalue weighted by molar-refractivity contribution is 7.99. The molecule has 0 spiro atoms. The van der Waals surface area contributed by atoms with Gasteiger partial charge in [0.15, 0.2) is 0 Å². The summed E-state index contributed by atoms with van der Waals surface area (Å²) in [7, 11) is 0. The Balaban J connectivity index is 3.08. The minimum absolute atomic E-state index is 0.771. The van der Waals surface area contributed by atoms with E-state index < -0.39 is 0 Å². The number of rotatable bonds is 2. The van der Waals surface area contributed by atoms with Crippen molar-refractivity contribution in [3.8, 4) is 0 Å². The van der Waals surface area contributed by atoms with E-state index in [-0.39, 0.29) is 0 Å². The Morgan fingerprint density at radius 3 is 2.58 bits per heavy atom. The topological polar surface area (TPSA) is 52.0 Å². The fourth-order valence-corrected chi connectivity index (χ4v) is 1.79. The fraction of sp³-hybridized carbons (Fsp3) is 0.333. The maximum atomic E-state index is 5.87. The van der Waals surface area contributed by atoms with Crippen LogP contribution in [0.1, 0.15) is 12.5 Å². The Morgan fingerprint density at radius 1 is 1.33 bits per heavy atom. The van der Waals surface area contributed by atoms with Gasteiger partial charge in [0.25, 0.3) is 0 Å². The van der Waals surface area contributed by atoms with Crippen LogP contribution in [-0.2, 0) is 0 Å². The van der Waals surface area contributed by atoms with Crippen molar-refractivity contribution < 1.29 is 0 Å². The van der Waals surface area contributed by atoms with E-state index in [1.54, 1.807) is 11.8 Å². The molecule has 0 amide bonds. The second-order valence-electron chi connectivity index (χ2n) is 2.62. The molecule has 12 heavy (non-hydrogen) atoms. The van der Waals surface area contributed by atoms with Gasteiger partial charge in [0.2, 0.25) is 0 Å². The van der Waals surface area contributed by atoms with E-state index in [1.165, 1.54) is 0 Å². The van der Waals surface area contributed by atoms with E-state index in [9.17, 15) is 0 Å². The number of hydrogen-bond acceptors (Lipinski definition) is 3. The summed E-state index contributed by atoms with van der Waals surface area (Å²) in [6, 6.07) is 3.88. The highest BCUT2D eigenvalue weighted by Gasteiger charge is 2.03. The van der Waals surface area contributed by atoms with Crippen LogP contribution in [0.25, 0.3) is 0 Å². The Kier molecular flexibility index (Phi) is 2.87. The SMILES string of the molecule is CCSc1ccc(N)c(C)c1N. The molecule has 0 radical (unpaired) electrons. The summed E-state index contributed by atoms with van der Waals surface area (Å²) in [6.45, 7) is 4.06. The maximum absolute atomic E-state index is 5.87. The van der Waals surface area contributed by atoms with Crippen molar-refractivity contribution in [3.63, 3.8) is 0 Å². The van der Waals surface area contributed by atoms with Crippen LogP contribution in [0.3, 0.4) is 0 Å². The zero-order valence-corrected chi connectivity index (χ0v) is 8.24. The van der Waals surface area contributed by atoms with Crippen molar-refractivity contribution in [1.29, 1.82) is 0 Å². The van der Waals surface area contributed by atoms with E-state index in [2.05, 4.69) is 6.92 Å². The summed E-state index contributed by atoms with van der Waals surface area (Å²) in [5, 5.41) is 0. The fourth-order valence-electron chi connectivity index (χ4n) is 1.00. The molecular weight excluding hydrogens is 168 g/mol. The van der Waals surface area contributed by atoms with E-state index in [4.69, 9.17) is 11.5 Å². The van der Waals surface area contributed by atoms with Crippen LogP contribution >= 0.6 is 11.8 Å². The van der Waals surface area contributed by atoms with Crippen molar-refractivity contribution in [3.05, 3.63) is 17.7 Å². The van der Waals surface area contributed by atoms with E-state index in [0.29, 0.717) is 0 Å². The van der Waals surface area contributed by atoms with Crippen LogP contribution in [0.4, 0.5) is 11.4 Å². The first-order valence-corrected chi connectivity index (χ1v) is 4.92. The second-order valence-corrected chi connectivity index (χ2v) is 3.93. The van der Waals surface area contributed by atoms with Gasteiger partial charge in [0.05, 0.1) is 5.69 Å². The Morgan fingerprint density at radius 2 is 2.00 bits per heavy atom. The van der Waals surface area contributed by atoms with Gasteiger partial charge < -0.3 is 11.5 Å². The molecule has 1 aromatic carbocycles. The molecule has 0 aliphatic heterocycles. The average molecular weight is 182 g/mol. The molecule has 0 aliphatic carbocycles. The molecule has 0 bridgehead atoms. The Bertz CT molecular complexity index is 284.